The van der Waals surface area contributed by atoms with Crippen molar-refractivity contribution in [3.63, 3.8) is 0 Å². The Balaban J connectivity index is 2.53. The second-order valence-electron chi connectivity index (χ2n) is 3.68. The number of nitrogen functional groups attached to an aromatic ring is 1. The molecular weight excluding hydrogens is 258 g/mol. The average Bonchev–Trinajstić information content (AvgIpc) is 2.28. The number of anilines is 1. The molecule has 8 nitrogen and oxygen atoms in total. The monoisotopic (exact) mass is 273 g/mol. The third-order valence-electron chi connectivity index (χ3n) is 2.09. The third kappa shape index (κ3) is 3.93. The summed E-state index contributed by atoms with van der Waals surface area (Å²) in [5.41, 5.74) is 5.43. The van der Waals surface area contributed by atoms with Crippen LogP contribution in [0.25, 0.3) is 0 Å². The van der Waals surface area contributed by atoms with Crippen molar-refractivity contribution in [2.75, 3.05) is 32.1 Å². The van der Waals surface area contributed by atoms with Gasteiger partial charge in [-0.1, -0.05) is 0 Å². The van der Waals surface area contributed by atoms with E-state index in [9.17, 15) is 13.2 Å². The number of nitrogens with one attached hydrogen (secondary N) is 1. The van der Waals surface area contributed by atoms with E-state index in [4.69, 9.17) is 5.73 Å². The van der Waals surface area contributed by atoms with Gasteiger partial charge in [0.2, 0.25) is 10.0 Å². The summed E-state index contributed by atoms with van der Waals surface area (Å²) in [5.74, 6) is -0.561. The van der Waals surface area contributed by atoms with Gasteiger partial charge in [0.05, 0.1) is 18.1 Å². The van der Waals surface area contributed by atoms with Gasteiger partial charge < -0.3 is 11.1 Å². The Bertz CT molecular complexity index is 529. The highest BCUT2D eigenvalue weighted by molar-refractivity contribution is 7.89. The Morgan fingerprint density at radius 1 is 1.44 bits per heavy atom. The second-order valence-corrected chi connectivity index (χ2v) is 5.99. The lowest BCUT2D eigenvalue weighted by Gasteiger charge is -2.11. The Morgan fingerprint density at radius 3 is 2.67 bits per heavy atom. The Morgan fingerprint density at radius 2 is 2.11 bits per heavy atom. The molecule has 1 aromatic heterocycles. The standard InChI is InChI=1S/C9H15N5O3S/c1-14(2)18(16,17)4-3-12-9(15)7-5-11-6-8(10)13-7/h5-6H,3-4H2,1-2H3,(H2,10,13)(H,12,15). The van der Waals surface area contributed by atoms with Crippen molar-refractivity contribution < 1.29 is 13.2 Å². The molecule has 0 saturated heterocycles. The molecule has 0 bridgehead atoms. The molecule has 0 fully saturated rings. The van der Waals surface area contributed by atoms with Gasteiger partial charge in [0, 0.05) is 20.6 Å². The lowest BCUT2D eigenvalue weighted by molar-refractivity contribution is 0.0951. The SMILES string of the molecule is CN(C)S(=O)(=O)CCNC(=O)c1cncc(N)n1. The normalized spacial score (nSPS) is 11.5. The van der Waals surface area contributed by atoms with Crippen LogP contribution in [0.15, 0.2) is 12.4 Å². The van der Waals surface area contributed by atoms with Crippen molar-refractivity contribution in [3.8, 4) is 0 Å². The minimum atomic E-state index is -3.33. The lowest BCUT2D eigenvalue weighted by Crippen LogP contribution is -2.34. The van der Waals surface area contributed by atoms with Crippen molar-refractivity contribution in [3.05, 3.63) is 18.1 Å². The highest BCUT2D eigenvalue weighted by Gasteiger charge is 2.14. The van der Waals surface area contributed by atoms with E-state index in [2.05, 4.69) is 15.3 Å². The van der Waals surface area contributed by atoms with Gasteiger partial charge in [0.15, 0.2) is 0 Å². The van der Waals surface area contributed by atoms with Gasteiger partial charge in [-0.3, -0.25) is 9.78 Å². The number of sulfonamides is 1. The van der Waals surface area contributed by atoms with E-state index in [1.165, 1.54) is 26.5 Å². The summed E-state index contributed by atoms with van der Waals surface area (Å²) in [4.78, 5) is 19.1. The summed E-state index contributed by atoms with van der Waals surface area (Å²) in [5, 5.41) is 2.43. The van der Waals surface area contributed by atoms with Gasteiger partial charge in [-0.05, 0) is 0 Å². The first-order chi connectivity index (χ1) is 8.33. The Hall–Kier alpha value is -1.74. The molecular formula is C9H15N5O3S. The highest BCUT2D eigenvalue weighted by atomic mass is 32.2. The summed E-state index contributed by atoms with van der Waals surface area (Å²) in [6.07, 6.45) is 2.57. The molecule has 0 unspecified atom stereocenters. The van der Waals surface area contributed by atoms with Crippen LogP contribution in [0.2, 0.25) is 0 Å². The molecule has 0 atom stereocenters. The summed E-state index contributed by atoms with van der Waals surface area (Å²) >= 11 is 0. The molecule has 1 heterocycles. The molecule has 0 saturated carbocycles. The number of rotatable bonds is 5. The van der Waals surface area contributed by atoms with E-state index >= 15 is 0 Å². The number of nitrogens with zero attached hydrogens (tertiary/aromatic N) is 3. The summed E-state index contributed by atoms with van der Waals surface area (Å²) in [6, 6.07) is 0. The van der Waals surface area contributed by atoms with Crippen molar-refractivity contribution in [2.45, 2.75) is 0 Å². The van der Waals surface area contributed by atoms with Crippen molar-refractivity contribution >= 4 is 21.7 Å². The van der Waals surface area contributed by atoms with Gasteiger partial charge >= 0.3 is 0 Å². The first kappa shape index (κ1) is 14.3. The minimum absolute atomic E-state index is 0.00414. The summed E-state index contributed by atoms with van der Waals surface area (Å²) in [6.45, 7) is -0.00414. The van der Waals surface area contributed by atoms with E-state index < -0.39 is 15.9 Å². The van der Waals surface area contributed by atoms with E-state index in [1.54, 1.807) is 0 Å². The maximum absolute atomic E-state index is 11.6. The molecule has 0 aliphatic heterocycles. The zero-order valence-corrected chi connectivity index (χ0v) is 10.9. The highest BCUT2D eigenvalue weighted by Crippen LogP contribution is 1.97. The van der Waals surface area contributed by atoms with Crippen LogP contribution in [0.3, 0.4) is 0 Å². The largest absolute Gasteiger partial charge is 0.382 e. The number of hydrogen-bond acceptors (Lipinski definition) is 6. The first-order valence-electron chi connectivity index (χ1n) is 5.09. The van der Waals surface area contributed by atoms with Crippen LogP contribution in [0.1, 0.15) is 10.5 Å². The third-order valence-corrected chi connectivity index (χ3v) is 3.92. The number of aromatic nitrogens is 2. The molecule has 0 aliphatic rings. The maximum Gasteiger partial charge on any atom is 0.271 e. The quantitative estimate of drug-likeness (QED) is 0.687. The zero-order valence-electron chi connectivity index (χ0n) is 10.1. The van der Waals surface area contributed by atoms with Crippen molar-refractivity contribution in [1.82, 2.24) is 19.6 Å². The van der Waals surface area contributed by atoms with Crippen LogP contribution in [-0.4, -0.2) is 55.0 Å². The topological polar surface area (TPSA) is 118 Å². The smallest absolute Gasteiger partial charge is 0.271 e. The van der Waals surface area contributed by atoms with Gasteiger partial charge in [-0.2, -0.15) is 0 Å². The lowest BCUT2D eigenvalue weighted by atomic mass is 10.4. The van der Waals surface area contributed by atoms with Crippen LogP contribution >= 0.6 is 0 Å². The van der Waals surface area contributed by atoms with E-state index in [-0.39, 0.29) is 23.8 Å². The van der Waals surface area contributed by atoms with Gasteiger partial charge in [-0.25, -0.2) is 17.7 Å². The molecule has 0 aliphatic carbocycles. The average molecular weight is 273 g/mol. The molecule has 1 aromatic rings. The van der Waals surface area contributed by atoms with Crippen molar-refractivity contribution in [1.29, 1.82) is 0 Å². The maximum atomic E-state index is 11.6. The van der Waals surface area contributed by atoms with Crippen LogP contribution in [-0.2, 0) is 10.0 Å². The molecule has 0 aromatic carbocycles. The first-order valence-corrected chi connectivity index (χ1v) is 6.70. The molecule has 1 rings (SSSR count). The number of hydrogen-bond donors (Lipinski definition) is 2. The van der Waals surface area contributed by atoms with Crippen LogP contribution < -0.4 is 11.1 Å². The van der Waals surface area contributed by atoms with Gasteiger partial charge in [0.25, 0.3) is 5.91 Å². The Kier molecular flexibility index (Phi) is 4.56. The van der Waals surface area contributed by atoms with Crippen LogP contribution in [0.4, 0.5) is 5.82 Å². The number of carbonyl (C=O) groups is 1. The molecule has 1 amide bonds. The fourth-order valence-electron chi connectivity index (χ4n) is 1.06. The Labute approximate surface area is 105 Å². The predicted octanol–water partition coefficient (Wildman–Crippen LogP) is -1.32. The molecule has 0 spiro atoms. The molecule has 100 valence electrons. The molecule has 3 N–H and O–H groups in total. The predicted molar refractivity (Wildman–Crippen MR) is 66.3 cm³/mol. The number of amides is 1. The van der Waals surface area contributed by atoms with E-state index in [0.29, 0.717) is 0 Å². The number of nitrogens with two attached hydrogens (primary N) is 1. The molecule has 18 heavy (non-hydrogen) atoms. The second kappa shape index (κ2) is 5.74. The number of carbonyl (C=O) groups excluding carboxylic acids is 1. The van der Waals surface area contributed by atoms with Gasteiger partial charge in [0.1, 0.15) is 11.5 Å². The van der Waals surface area contributed by atoms with Crippen LogP contribution in [0, 0.1) is 0 Å². The summed E-state index contributed by atoms with van der Waals surface area (Å²) in [7, 11) is -0.464. The minimum Gasteiger partial charge on any atom is -0.382 e. The molecule has 0 radical (unpaired) electrons. The fraction of sp³-hybridized carbons (Fsp3) is 0.444. The fourth-order valence-corrected chi connectivity index (χ4v) is 1.78. The van der Waals surface area contributed by atoms with Crippen molar-refractivity contribution in [2.24, 2.45) is 0 Å². The zero-order chi connectivity index (χ0) is 13.8. The van der Waals surface area contributed by atoms with E-state index in [0.717, 1.165) is 4.31 Å². The van der Waals surface area contributed by atoms with Gasteiger partial charge in [-0.15, -0.1) is 0 Å². The molecule has 9 heteroatoms. The summed E-state index contributed by atoms with van der Waals surface area (Å²) < 4.78 is 24.0. The van der Waals surface area contributed by atoms with Crippen LogP contribution in [0.5, 0.6) is 0 Å². The van der Waals surface area contributed by atoms with E-state index in [1.807, 2.05) is 0 Å².